The van der Waals surface area contributed by atoms with Crippen LogP contribution in [0.4, 0.5) is 4.39 Å². The molecule has 1 aliphatic rings. The minimum atomic E-state index is -0.977. The SMILES string of the molecule is COc1ccc(F)cc1C1(O)CCCC(C)(C)C1. The first kappa shape index (κ1) is 13.3. The Morgan fingerprint density at radius 2 is 2.00 bits per heavy atom. The number of halogens is 1. The molecule has 1 aliphatic carbocycles. The van der Waals surface area contributed by atoms with E-state index in [-0.39, 0.29) is 11.2 Å². The first-order chi connectivity index (χ1) is 8.36. The summed E-state index contributed by atoms with van der Waals surface area (Å²) in [6.45, 7) is 4.28. The van der Waals surface area contributed by atoms with Gasteiger partial charge in [-0.15, -0.1) is 0 Å². The highest BCUT2D eigenvalue weighted by Crippen LogP contribution is 2.48. The average molecular weight is 252 g/mol. The molecule has 1 N–H and O–H groups in total. The molecule has 0 aromatic heterocycles. The van der Waals surface area contributed by atoms with Gasteiger partial charge < -0.3 is 9.84 Å². The molecule has 1 unspecified atom stereocenters. The van der Waals surface area contributed by atoms with Crippen LogP contribution in [-0.2, 0) is 5.60 Å². The first-order valence-electron chi connectivity index (χ1n) is 6.43. The molecule has 0 aliphatic heterocycles. The number of hydrogen-bond acceptors (Lipinski definition) is 2. The topological polar surface area (TPSA) is 29.5 Å². The third-order valence-electron chi connectivity index (χ3n) is 3.88. The van der Waals surface area contributed by atoms with Gasteiger partial charge in [0.05, 0.1) is 12.7 Å². The number of rotatable bonds is 2. The van der Waals surface area contributed by atoms with Gasteiger partial charge >= 0.3 is 0 Å². The van der Waals surface area contributed by atoms with Gasteiger partial charge in [0, 0.05) is 5.56 Å². The lowest BCUT2D eigenvalue weighted by Gasteiger charge is -2.42. The summed E-state index contributed by atoms with van der Waals surface area (Å²) >= 11 is 0. The molecule has 1 saturated carbocycles. The highest BCUT2D eigenvalue weighted by Gasteiger charge is 2.41. The van der Waals surface area contributed by atoms with Crippen LogP contribution in [0, 0.1) is 11.2 Å². The molecule has 1 aromatic carbocycles. The Morgan fingerprint density at radius 1 is 1.28 bits per heavy atom. The molecule has 3 heteroatoms. The van der Waals surface area contributed by atoms with Crippen LogP contribution in [0.15, 0.2) is 18.2 Å². The van der Waals surface area contributed by atoms with Gasteiger partial charge in [-0.1, -0.05) is 13.8 Å². The smallest absolute Gasteiger partial charge is 0.125 e. The summed E-state index contributed by atoms with van der Waals surface area (Å²) in [7, 11) is 1.55. The summed E-state index contributed by atoms with van der Waals surface area (Å²) in [4.78, 5) is 0. The van der Waals surface area contributed by atoms with E-state index in [0.717, 1.165) is 12.8 Å². The maximum Gasteiger partial charge on any atom is 0.125 e. The molecule has 1 fully saturated rings. The zero-order valence-electron chi connectivity index (χ0n) is 11.3. The molecule has 1 atom stereocenters. The van der Waals surface area contributed by atoms with Crippen molar-refractivity contribution < 1.29 is 14.2 Å². The molecular formula is C15H21FO2. The van der Waals surface area contributed by atoms with Gasteiger partial charge in [-0.3, -0.25) is 0 Å². The standard InChI is InChI=1S/C15H21FO2/c1-14(2)7-4-8-15(17,10-14)12-9-11(16)5-6-13(12)18-3/h5-6,9,17H,4,7-8,10H2,1-3H3. The molecule has 2 nitrogen and oxygen atoms in total. The first-order valence-corrected chi connectivity index (χ1v) is 6.43. The van der Waals surface area contributed by atoms with Crippen LogP contribution in [0.1, 0.15) is 45.1 Å². The molecule has 0 bridgehead atoms. The van der Waals surface area contributed by atoms with Gasteiger partial charge in [-0.2, -0.15) is 0 Å². The normalized spacial score (nSPS) is 26.9. The van der Waals surface area contributed by atoms with Gasteiger partial charge in [0.15, 0.2) is 0 Å². The van der Waals surface area contributed by atoms with Crippen LogP contribution in [0.25, 0.3) is 0 Å². The molecule has 0 amide bonds. The van der Waals surface area contributed by atoms with Crippen molar-refractivity contribution in [1.29, 1.82) is 0 Å². The van der Waals surface area contributed by atoms with Crippen molar-refractivity contribution in [1.82, 2.24) is 0 Å². The molecule has 18 heavy (non-hydrogen) atoms. The van der Waals surface area contributed by atoms with E-state index in [1.807, 2.05) is 0 Å². The van der Waals surface area contributed by atoms with Crippen LogP contribution < -0.4 is 4.74 Å². The highest BCUT2D eigenvalue weighted by molar-refractivity contribution is 5.39. The van der Waals surface area contributed by atoms with Gasteiger partial charge in [-0.25, -0.2) is 4.39 Å². The Bertz CT molecular complexity index is 442. The fourth-order valence-electron chi connectivity index (χ4n) is 3.10. The van der Waals surface area contributed by atoms with Crippen molar-refractivity contribution in [2.75, 3.05) is 7.11 Å². The largest absolute Gasteiger partial charge is 0.496 e. The highest BCUT2D eigenvalue weighted by atomic mass is 19.1. The minimum Gasteiger partial charge on any atom is -0.496 e. The Labute approximate surface area is 108 Å². The molecule has 0 radical (unpaired) electrons. The van der Waals surface area contributed by atoms with E-state index in [0.29, 0.717) is 24.2 Å². The number of ether oxygens (including phenoxy) is 1. The van der Waals surface area contributed by atoms with E-state index in [1.165, 1.54) is 12.1 Å². The number of methoxy groups -OCH3 is 1. The van der Waals surface area contributed by atoms with Gasteiger partial charge in [0.2, 0.25) is 0 Å². The zero-order chi connectivity index (χ0) is 13.4. The second-order valence-corrected chi connectivity index (χ2v) is 6.07. The molecule has 0 heterocycles. The summed E-state index contributed by atoms with van der Waals surface area (Å²) in [5.41, 5.74) is -0.322. The van der Waals surface area contributed by atoms with Gasteiger partial charge in [0.1, 0.15) is 11.6 Å². The molecule has 0 saturated heterocycles. The summed E-state index contributed by atoms with van der Waals surface area (Å²) in [5, 5.41) is 10.9. The van der Waals surface area contributed by atoms with Gasteiger partial charge in [-0.05, 0) is 49.3 Å². The van der Waals surface area contributed by atoms with Crippen molar-refractivity contribution in [2.45, 2.75) is 45.1 Å². The average Bonchev–Trinajstić information content (AvgIpc) is 2.27. The van der Waals surface area contributed by atoms with E-state index in [4.69, 9.17) is 4.74 Å². The zero-order valence-corrected chi connectivity index (χ0v) is 11.3. The van der Waals surface area contributed by atoms with Crippen molar-refractivity contribution in [3.8, 4) is 5.75 Å². The Hall–Kier alpha value is -1.09. The maximum atomic E-state index is 13.4. The molecule has 100 valence electrons. The van der Waals surface area contributed by atoms with Crippen LogP contribution in [0.3, 0.4) is 0 Å². The fraction of sp³-hybridized carbons (Fsp3) is 0.600. The van der Waals surface area contributed by atoms with Crippen molar-refractivity contribution >= 4 is 0 Å². The lowest BCUT2D eigenvalue weighted by Crippen LogP contribution is -2.37. The van der Waals surface area contributed by atoms with Crippen LogP contribution in [0.2, 0.25) is 0 Å². The number of hydrogen-bond donors (Lipinski definition) is 1. The Kier molecular flexibility index (Phi) is 3.37. The van der Waals surface area contributed by atoms with Gasteiger partial charge in [0.25, 0.3) is 0 Å². The molecular weight excluding hydrogens is 231 g/mol. The van der Waals surface area contributed by atoms with Crippen LogP contribution in [-0.4, -0.2) is 12.2 Å². The quantitative estimate of drug-likeness (QED) is 0.871. The minimum absolute atomic E-state index is 0.0737. The molecule has 1 aromatic rings. The lowest BCUT2D eigenvalue weighted by atomic mass is 9.67. The molecule has 0 spiro atoms. The van der Waals surface area contributed by atoms with Crippen LogP contribution >= 0.6 is 0 Å². The van der Waals surface area contributed by atoms with E-state index < -0.39 is 5.60 Å². The monoisotopic (exact) mass is 252 g/mol. The summed E-state index contributed by atoms with van der Waals surface area (Å²) in [6, 6.07) is 4.35. The van der Waals surface area contributed by atoms with Crippen molar-refractivity contribution in [3.63, 3.8) is 0 Å². The number of benzene rings is 1. The second kappa shape index (κ2) is 4.54. The Balaban J connectivity index is 2.43. The Morgan fingerprint density at radius 3 is 2.61 bits per heavy atom. The summed E-state index contributed by atoms with van der Waals surface area (Å²) in [5.74, 6) is 0.235. The maximum absolute atomic E-state index is 13.4. The van der Waals surface area contributed by atoms with E-state index in [9.17, 15) is 9.50 Å². The predicted octanol–water partition coefficient (Wildman–Crippen LogP) is 3.62. The van der Waals surface area contributed by atoms with Crippen LogP contribution in [0.5, 0.6) is 5.75 Å². The number of aliphatic hydroxyl groups is 1. The summed E-state index contributed by atoms with van der Waals surface area (Å²) < 4.78 is 18.7. The molecule has 2 rings (SSSR count). The van der Waals surface area contributed by atoms with Crippen molar-refractivity contribution in [2.24, 2.45) is 5.41 Å². The predicted molar refractivity (Wildman–Crippen MR) is 69.1 cm³/mol. The van der Waals surface area contributed by atoms with Crippen molar-refractivity contribution in [3.05, 3.63) is 29.6 Å². The summed E-state index contributed by atoms with van der Waals surface area (Å²) in [6.07, 6.45) is 3.34. The van der Waals surface area contributed by atoms with E-state index in [2.05, 4.69) is 13.8 Å². The fourth-order valence-corrected chi connectivity index (χ4v) is 3.10. The third kappa shape index (κ3) is 2.51. The second-order valence-electron chi connectivity index (χ2n) is 6.07. The third-order valence-corrected chi connectivity index (χ3v) is 3.88. The van der Waals surface area contributed by atoms with E-state index in [1.54, 1.807) is 13.2 Å². The lowest BCUT2D eigenvalue weighted by molar-refractivity contribution is -0.0456. The van der Waals surface area contributed by atoms with E-state index >= 15 is 0 Å².